The highest BCUT2D eigenvalue weighted by molar-refractivity contribution is 5.15. The Morgan fingerprint density at radius 3 is 2.69 bits per heavy atom. The van der Waals surface area contributed by atoms with Gasteiger partial charge in [0.1, 0.15) is 0 Å². The van der Waals surface area contributed by atoms with Crippen molar-refractivity contribution >= 4 is 0 Å². The molecule has 16 heavy (non-hydrogen) atoms. The first kappa shape index (κ1) is 10.3. The Hall–Kier alpha value is -0.860. The molecule has 3 atom stereocenters. The Morgan fingerprint density at radius 1 is 1.25 bits per heavy atom. The molecular weight excluding hydrogens is 196 g/mol. The van der Waals surface area contributed by atoms with E-state index in [0.717, 1.165) is 18.6 Å². The highest BCUT2D eigenvalue weighted by Gasteiger charge is 2.43. The summed E-state index contributed by atoms with van der Waals surface area (Å²) in [6.07, 6.45) is 4.13. The molecule has 1 N–H and O–H groups in total. The molecule has 2 aliphatic heterocycles. The normalized spacial score (nSPS) is 33.4. The third kappa shape index (κ3) is 1.76. The van der Waals surface area contributed by atoms with E-state index in [0.29, 0.717) is 6.04 Å². The third-order valence-electron chi connectivity index (χ3n) is 4.30. The first-order valence-corrected chi connectivity index (χ1v) is 6.34. The summed E-state index contributed by atoms with van der Waals surface area (Å²) < 4.78 is 0. The molecule has 2 heteroatoms. The maximum atomic E-state index is 3.72. The molecule has 0 aliphatic carbocycles. The van der Waals surface area contributed by atoms with Crippen LogP contribution in [0, 0.1) is 0 Å². The average molecular weight is 216 g/mol. The molecule has 1 aromatic rings. The molecule has 2 bridgehead atoms. The van der Waals surface area contributed by atoms with Crippen molar-refractivity contribution in [2.45, 2.75) is 43.9 Å². The van der Waals surface area contributed by atoms with E-state index in [9.17, 15) is 0 Å². The number of likely N-dealkylation sites (N-methyl/N-ethyl adjacent to an activating group) is 1. The molecule has 0 unspecified atom stereocenters. The monoisotopic (exact) mass is 216 g/mol. The van der Waals surface area contributed by atoms with Gasteiger partial charge in [0.05, 0.1) is 0 Å². The largest absolute Gasteiger partial charge is 0.308 e. The molecule has 2 aliphatic rings. The van der Waals surface area contributed by atoms with Gasteiger partial charge >= 0.3 is 0 Å². The Labute approximate surface area is 97.6 Å². The number of nitrogens with zero attached hydrogens (tertiary/aromatic N) is 1. The van der Waals surface area contributed by atoms with Crippen molar-refractivity contribution in [3.8, 4) is 0 Å². The van der Waals surface area contributed by atoms with Crippen molar-refractivity contribution in [2.24, 2.45) is 0 Å². The quantitative estimate of drug-likeness (QED) is 0.831. The molecule has 2 heterocycles. The Bertz CT molecular complexity index is 349. The predicted octanol–water partition coefficient (Wildman–Crippen LogP) is 2.01. The van der Waals surface area contributed by atoms with Crippen molar-refractivity contribution < 1.29 is 0 Å². The third-order valence-corrected chi connectivity index (χ3v) is 4.30. The van der Waals surface area contributed by atoms with Crippen molar-refractivity contribution in [1.29, 1.82) is 0 Å². The van der Waals surface area contributed by atoms with E-state index < -0.39 is 0 Å². The molecular formula is C14H20N2. The fraction of sp³-hybridized carbons (Fsp3) is 0.571. The lowest BCUT2D eigenvalue weighted by atomic mass is 9.95. The Balaban J connectivity index is 1.57. The smallest absolute Gasteiger partial charge is 0.0250 e. The second-order valence-corrected chi connectivity index (χ2v) is 5.17. The lowest BCUT2D eigenvalue weighted by molar-refractivity contribution is 0.296. The highest BCUT2D eigenvalue weighted by atomic mass is 15.2. The van der Waals surface area contributed by atoms with Gasteiger partial charge in [0.15, 0.2) is 0 Å². The summed E-state index contributed by atoms with van der Waals surface area (Å²) in [6, 6.07) is 13.0. The number of hydrogen-bond acceptors (Lipinski definition) is 2. The summed E-state index contributed by atoms with van der Waals surface area (Å²) in [5.41, 5.74) is 1.40. The minimum atomic E-state index is 0.712. The predicted molar refractivity (Wildman–Crippen MR) is 66.3 cm³/mol. The summed E-state index contributed by atoms with van der Waals surface area (Å²) in [4.78, 5) is 2.57. The molecule has 0 amide bonds. The van der Waals surface area contributed by atoms with Crippen molar-refractivity contribution in [2.75, 3.05) is 7.05 Å². The first-order valence-electron chi connectivity index (χ1n) is 6.34. The van der Waals surface area contributed by atoms with Crippen LogP contribution in [0.2, 0.25) is 0 Å². The molecule has 3 rings (SSSR count). The second-order valence-electron chi connectivity index (χ2n) is 5.17. The zero-order chi connectivity index (χ0) is 11.0. The maximum absolute atomic E-state index is 3.72. The van der Waals surface area contributed by atoms with Gasteiger partial charge in [-0.1, -0.05) is 30.3 Å². The van der Waals surface area contributed by atoms with E-state index in [1.807, 2.05) is 0 Å². The van der Waals surface area contributed by atoms with Gasteiger partial charge in [-0.15, -0.1) is 0 Å². The first-order chi connectivity index (χ1) is 7.84. The molecule has 2 nitrogen and oxygen atoms in total. The number of nitrogens with one attached hydrogen (secondary N) is 1. The van der Waals surface area contributed by atoms with Gasteiger partial charge in [-0.05, 0) is 31.9 Å². The minimum Gasteiger partial charge on any atom is -0.308 e. The van der Waals surface area contributed by atoms with Crippen molar-refractivity contribution in [3.05, 3.63) is 35.9 Å². The summed E-state index contributed by atoms with van der Waals surface area (Å²) >= 11 is 0. The van der Waals surface area contributed by atoms with Gasteiger partial charge in [0, 0.05) is 24.7 Å². The van der Waals surface area contributed by atoms with E-state index in [2.05, 4.69) is 47.6 Å². The Kier molecular flexibility index (Phi) is 2.70. The molecule has 0 saturated carbocycles. The van der Waals surface area contributed by atoms with Crippen molar-refractivity contribution in [3.63, 3.8) is 0 Å². The lowest BCUT2D eigenvalue weighted by Crippen LogP contribution is -2.39. The second kappa shape index (κ2) is 4.19. The summed E-state index contributed by atoms with van der Waals surface area (Å²) in [5, 5.41) is 3.72. The van der Waals surface area contributed by atoms with E-state index in [-0.39, 0.29) is 0 Å². The van der Waals surface area contributed by atoms with Crippen LogP contribution >= 0.6 is 0 Å². The lowest BCUT2D eigenvalue weighted by Gasteiger charge is -2.22. The molecule has 0 aromatic heterocycles. The summed E-state index contributed by atoms with van der Waals surface area (Å²) in [5.74, 6) is 0. The van der Waals surface area contributed by atoms with Crippen LogP contribution in [0.1, 0.15) is 24.8 Å². The van der Waals surface area contributed by atoms with Crippen LogP contribution in [-0.2, 0) is 6.54 Å². The van der Waals surface area contributed by atoms with E-state index in [1.165, 1.54) is 24.8 Å². The molecule has 0 spiro atoms. The molecule has 2 saturated heterocycles. The van der Waals surface area contributed by atoms with Gasteiger partial charge in [0.2, 0.25) is 0 Å². The SMILES string of the molecule is CN1[C@H]2CC[C@@H]1[C@H](NCc1ccccc1)C2. The van der Waals surface area contributed by atoms with Gasteiger partial charge in [0.25, 0.3) is 0 Å². The molecule has 1 aromatic carbocycles. The Morgan fingerprint density at radius 2 is 2.06 bits per heavy atom. The number of hydrogen-bond donors (Lipinski definition) is 1. The van der Waals surface area contributed by atoms with Gasteiger partial charge < -0.3 is 5.32 Å². The van der Waals surface area contributed by atoms with Gasteiger partial charge in [-0.25, -0.2) is 0 Å². The number of benzene rings is 1. The topological polar surface area (TPSA) is 15.3 Å². The molecule has 2 fully saturated rings. The van der Waals surface area contributed by atoms with Crippen LogP contribution in [0.4, 0.5) is 0 Å². The average Bonchev–Trinajstić information content (AvgIpc) is 2.84. The molecule has 0 radical (unpaired) electrons. The summed E-state index contributed by atoms with van der Waals surface area (Å²) in [7, 11) is 2.28. The minimum absolute atomic E-state index is 0.712. The molecule has 86 valence electrons. The standard InChI is InChI=1S/C14H20N2/c1-16-12-7-8-14(16)13(9-12)15-10-11-5-3-2-4-6-11/h2-6,12-15H,7-10H2,1H3/t12-,13+,14+/m0/s1. The van der Waals surface area contributed by atoms with E-state index >= 15 is 0 Å². The number of fused-ring (bicyclic) bond motifs is 2. The van der Waals surface area contributed by atoms with Crippen LogP contribution < -0.4 is 5.32 Å². The van der Waals surface area contributed by atoms with E-state index in [1.54, 1.807) is 0 Å². The zero-order valence-corrected chi connectivity index (χ0v) is 9.89. The van der Waals surface area contributed by atoms with Crippen LogP contribution in [0.3, 0.4) is 0 Å². The fourth-order valence-corrected chi connectivity index (χ4v) is 3.32. The zero-order valence-electron chi connectivity index (χ0n) is 9.89. The fourth-order valence-electron chi connectivity index (χ4n) is 3.32. The van der Waals surface area contributed by atoms with Crippen LogP contribution in [-0.4, -0.2) is 30.1 Å². The van der Waals surface area contributed by atoms with Gasteiger partial charge in [-0.3, -0.25) is 4.90 Å². The van der Waals surface area contributed by atoms with E-state index in [4.69, 9.17) is 0 Å². The highest BCUT2D eigenvalue weighted by Crippen LogP contribution is 2.36. The maximum Gasteiger partial charge on any atom is 0.0250 e. The van der Waals surface area contributed by atoms with Gasteiger partial charge in [-0.2, -0.15) is 0 Å². The van der Waals surface area contributed by atoms with Crippen molar-refractivity contribution in [1.82, 2.24) is 10.2 Å². The van der Waals surface area contributed by atoms with Crippen LogP contribution in [0.25, 0.3) is 0 Å². The summed E-state index contributed by atoms with van der Waals surface area (Å²) in [6.45, 7) is 1.02. The van der Waals surface area contributed by atoms with Crippen LogP contribution in [0.5, 0.6) is 0 Å². The van der Waals surface area contributed by atoms with Crippen LogP contribution in [0.15, 0.2) is 30.3 Å². The number of rotatable bonds is 3.